The number of rotatable bonds is 3. The summed E-state index contributed by atoms with van der Waals surface area (Å²) in [5.74, 6) is 1.24. The maximum atomic E-state index is 5.37. The highest BCUT2D eigenvalue weighted by Crippen LogP contribution is 2.17. The van der Waals surface area contributed by atoms with Gasteiger partial charge in [-0.1, -0.05) is 19.0 Å². The molecule has 0 spiro atoms. The molecule has 1 atom stereocenters. The first kappa shape index (κ1) is 8.27. The third kappa shape index (κ3) is 1.80. The summed E-state index contributed by atoms with van der Waals surface area (Å²) in [6, 6.07) is 1.92. The van der Waals surface area contributed by atoms with E-state index < -0.39 is 0 Å². The van der Waals surface area contributed by atoms with Gasteiger partial charge in [0.05, 0.1) is 12.2 Å². The van der Waals surface area contributed by atoms with Gasteiger partial charge >= 0.3 is 0 Å². The van der Waals surface area contributed by atoms with E-state index in [0.717, 1.165) is 17.9 Å². The van der Waals surface area contributed by atoms with Crippen molar-refractivity contribution in [2.45, 2.75) is 32.7 Å². The zero-order valence-electron chi connectivity index (χ0n) is 7.00. The Bertz CT molecular complexity index is 220. The zero-order valence-corrected chi connectivity index (χ0v) is 7.00. The molecule has 0 saturated carbocycles. The van der Waals surface area contributed by atoms with Crippen LogP contribution in [0.2, 0.25) is 0 Å². The fraction of sp³-hybridized carbons (Fsp3) is 0.625. The van der Waals surface area contributed by atoms with E-state index in [1.54, 1.807) is 0 Å². The summed E-state index contributed by atoms with van der Waals surface area (Å²) in [5.41, 5.74) is 6.38. The molecule has 3 heteroatoms. The van der Waals surface area contributed by atoms with Crippen LogP contribution in [0.4, 0.5) is 0 Å². The Morgan fingerprint density at radius 1 is 1.73 bits per heavy atom. The van der Waals surface area contributed by atoms with E-state index >= 15 is 0 Å². The van der Waals surface area contributed by atoms with Crippen molar-refractivity contribution in [3.05, 3.63) is 17.5 Å². The summed E-state index contributed by atoms with van der Waals surface area (Å²) in [6.45, 7) is 4.68. The van der Waals surface area contributed by atoms with E-state index in [2.05, 4.69) is 19.0 Å². The average Bonchev–Trinajstić information content (AvgIpc) is 2.50. The van der Waals surface area contributed by atoms with Crippen LogP contribution in [-0.4, -0.2) is 5.16 Å². The van der Waals surface area contributed by atoms with E-state index in [9.17, 15) is 0 Å². The van der Waals surface area contributed by atoms with Crippen LogP contribution in [0.5, 0.6) is 0 Å². The fourth-order valence-corrected chi connectivity index (χ4v) is 0.867. The maximum Gasteiger partial charge on any atom is 0.150 e. The van der Waals surface area contributed by atoms with Gasteiger partial charge in [0.1, 0.15) is 0 Å². The van der Waals surface area contributed by atoms with E-state index in [0.29, 0.717) is 12.5 Å². The topological polar surface area (TPSA) is 52.0 Å². The van der Waals surface area contributed by atoms with Crippen LogP contribution in [-0.2, 0) is 6.54 Å². The SMILES string of the molecule is CCC(C)c1cc(CN)on1. The van der Waals surface area contributed by atoms with Gasteiger partial charge < -0.3 is 10.3 Å². The zero-order chi connectivity index (χ0) is 8.27. The third-order valence-electron chi connectivity index (χ3n) is 1.90. The number of hydrogen-bond acceptors (Lipinski definition) is 3. The van der Waals surface area contributed by atoms with Crippen LogP contribution in [0.25, 0.3) is 0 Å². The monoisotopic (exact) mass is 154 g/mol. The normalized spacial score (nSPS) is 13.4. The summed E-state index contributed by atoms with van der Waals surface area (Å²) >= 11 is 0. The molecule has 0 amide bonds. The van der Waals surface area contributed by atoms with Crippen molar-refractivity contribution < 1.29 is 4.52 Å². The van der Waals surface area contributed by atoms with Crippen molar-refractivity contribution in [3.8, 4) is 0 Å². The Hall–Kier alpha value is -0.830. The molecule has 0 aliphatic heterocycles. The molecule has 0 radical (unpaired) electrons. The molecular formula is C8H14N2O. The Labute approximate surface area is 66.6 Å². The van der Waals surface area contributed by atoms with Crippen molar-refractivity contribution >= 4 is 0 Å². The van der Waals surface area contributed by atoms with Gasteiger partial charge in [0.25, 0.3) is 0 Å². The number of nitrogens with two attached hydrogens (primary N) is 1. The van der Waals surface area contributed by atoms with E-state index in [1.807, 2.05) is 6.07 Å². The van der Waals surface area contributed by atoms with Crippen LogP contribution < -0.4 is 5.73 Å². The fourth-order valence-electron chi connectivity index (χ4n) is 0.867. The summed E-state index contributed by atoms with van der Waals surface area (Å²) in [7, 11) is 0. The molecule has 1 rings (SSSR count). The molecule has 0 aromatic carbocycles. The number of hydrogen-bond donors (Lipinski definition) is 1. The van der Waals surface area contributed by atoms with Gasteiger partial charge in [0.2, 0.25) is 0 Å². The second-order valence-electron chi connectivity index (χ2n) is 2.73. The molecule has 0 aliphatic carbocycles. The Morgan fingerprint density at radius 3 is 2.91 bits per heavy atom. The minimum atomic E-state index is 0.434. The van der Waals surface area contributed by atoms with E-state index in [1.165, 1.54) is 0 Å². The lowest BCUT2D eigenvalue weighted by Crippen LogP contribution is -1.93. The van der Waals surface area contributed by atoms with Crippen molar-refractivity contribution in [3.63, 3.8) is 0 Å². The van der Waals surface area contributed by atoms with Gasteiger partial charge in [-0.3, -0.25) is 0 Å². The number of aromatic nitrogens is 1. The summed E-state index contributed by atoms with van der Waals surface area (Å²) in [5, 5.41) is 3.90. The minimum Gasteiger partial charge on any atom is -0.360 e. The van der Waals surface area contributed by atoms with E-state index in [-0.39, 0.29) is 0 Å². The molecular weight excluding hydrogens is 140 g/mol. The van der Waals surface area contributed by atoms with Crippen molar-refractivity contribution in [2.24, 2.45) is 5.73 Å². The van der Waals surface area contributed by atoms with Crippen LogP contribution in [0.3, 0.4) is 0 Å². The summed E-state index contributed by atoms with van der Waals surface area (Å²) in [6.07, 6.45) is 1.08. The Balaban J connectivity index is 2.71. The molecule has 62 valence electrons. The van der Waals surface area contributed by atoms with Gasteiger partial charge in [-0.15, -0.1) is 0 Å². The maximum absolute atomic E-state index is 5.37. The smallest absolute Gasteiger partial charge is 0.150 e. The molecule has 0 bridgehead atoms. The summed E-state index contributed by atoms with van der Waals surface area (Å²) < 4.78 is 4.96. The first-order valence-corrected chi connectivity index (χ1v) is 3.93. The quantitative estimate of drug-likeness (QED) is 0.720. The van der Waals surface area contributed by atoms with Crippen LogP contribution in [0.15, 0.2) is 10.6 Å². The van der Waals surface area contributed by atoms with Gasteiger partial charge in [-0.2, -0.15) is 0 Å². The van der Waals surface area contributed by atoms with Gasteiger partial charge in [0.15, 0.2) is 5.76 Å². The first-order valence-electron chi connectivity index (χ1n) is 3.93. The molecule has 3 nitrogen and oxygen atoms in total. The molecule has 11 heavy (non-hydrogen) atoms. The molecule has 1 unspecified atom stereocenters. The lowest BCUT2D eigenvalue weighted by Gasteiger charge is -1.99. The predicted molar refractivity (Wildman–Crippen MR) is 43.1 cm³/mol. The van der Waals surface area contributed by atoms with Gasteiger partial charge in [-0.05, 0) is 6.42 Å². The molecule has 1 heterocycles. The summed E-state index contributed by atoms with van der Waals surface area (Å²) in [4.78, 5) is 0. The predicted octanol–water partition coefficient (Wildman–Crippen LogP) is 1.65. The van der Waals surface area contributed by atoms with Crippen molar-refractivity contribution in [1.29, 1.82) is 0 Å². The molecule has 1 aromatic heterocycles. The second-order valence-corrected chi connectivity index (χ2v) is 2.73. The molecule has 2 N–H and O–H groups in total. The molecule has 0 aliphatic rings. The minimum absolute atomic E-state index is 0.434. The number of nitrogens with zero attached hydrogens (tertiary/aromatic N) is 1. The largest absolute Gasteiger partial charge is 0.360 e. The van der Waals surface area contributed by atoms with Crippen LogP contribution in [0, 0.1) is 0 Å². The van der Waals surface area contributed by atoms with E-state index in [4.69, 9.17) is 10.3 Å². The third-order valence-corrected chi connectivity index (χ3v) is 1.90. The van der Waals surface area contributed by atoms with Crippen molar-refractivity contribution in [1.82, 2.24) is 5.16 Å². The van der Waals surface area contributed by atoms with Gasteiger partial charge in [0, 0.05) is 12.0 Å². The van der Waals surface area contributed by atoms with Crippen LogP contribution >= 0.6 is 0 Å². The second kappa shape index (κ2) is 3.53. The van der Waals surface area contributed by atoms with Crippen LogP contribution in [0.1, 0.15) is 37.6 Å². The van der Waals surface area contributed by atoms with Gasteiger partial charge in [-0.25, -0.2) is 0 Å². The highest BCUT2D eigenvalue weighted by molar-refractivity contribution is 5.09. The standard InChI is InChI=1S/C8H14N2O/c1-3-6(2)8-4-7(5-9)11-10-8/h4,6H,3,5,9H2,1-2H3. The highest BCUT2D eigenvalue weighted by Gasteiger charge is 2.08. The first-order chi connectivity index (χ1) is 5.27. The lowest BCUT2D eigenvalue weighted by molar-refractivity contribution is 0.374. The Morgan fingerprint density at radius 2 is 2.45 bits per heavy atom. The molecule has 1 aromatic rings. The average molecular weight is 154 g/mol. The lowest BCUT2D eigenvalue weighted by atomic mass is 10.1. The molecule has 0 fully saturated rings. The highest BCUT2D eigenvalue weighted by atomic mass is 16.5. The molecule has 0 saturated heterocycles. The Kier molecular flexibility index (Phi) is 2.65. The van der Waals surface area contributed by atoms with Crippen molar-refractivity contribution in [2.75, 3.05) is 0 Å².